The second kappa shape index (κ2) is 8.87. The van der Waals surface area contributed by atoms with Gasteiger partial charge in [0.2, 0.25) is 5.91 Å². The third-order valence-corrected chi connectivity index (χ3v) is 3.48. The molecule has 0 aliphatic rings. The Morgan fingerprint density at radius 2 is 1.77 bits per heavy atom. The van der Waals surface area contributed by atoms with Gasteiger partial charge in [-0.3, -0.25) is 9.59 Å². The minimum Gasteiger partial charge on any atom is -0.495 e. The molecule has 0 heterocycles. The van der Waals surface area contributed by atoms with E-state index in [9.17, 15) is 14.4 Å². The van der Waals surface area contributed by atoms with E-state index in [-0.39, 0.29) is 11.5 Å². The van der Waals surface area contributed by atoms with Gasteiger partial charge >= 0.3 is 5.97 Å². The van der Waals surface area contributed by atoms with E-state index in [0.29, 0.717) is 22.1 Å². The fourth-order valence-corrected chi connectivity index (χ4v) is 2.34. The van der Waals surface area contributed by atoms with Crippen molar-refractivity contribution < 1.29 is 23.9 Å². The third-order valence-electron chi connectivity index (χ3n) is 3.19. The van der Waals surface area contributed by atoms with E-state index in [0.717, 1.165) is 0 Å². The van der Waals surface area contributed by atoms with Gasteiger partial charge in [-0.2, -0.15) is 0 Å². The summed E-state index contributed by atoms with van der Waals surface area (Å²) >= 11 is 5.98. The Bertz CT molecular complexity index is 838. The van der Waals surface area contributed by atoms with E-state index < -0.39 is 18.5 Å². The molecule has 8 heteroatoms. The first kappa shape index (κ1) is 19.3. The van der Waals surface area contributed by atoms with E-state index in [4.69, 9.17) is 21.1 Å². The van der Waals surface area contributed by atoms with Crippen molar-refractivity contribution in [1.82, 2.24) is 0 Å². The van der Waals surface area contributed by atoms with Crippen LogP contribution < -0.4 is 15.4 Å². The minimum absolute atomic E-state index is 0.219. The summed E-state index contributed by atoms with van der Waals surface area (Å²) in [5.41, 5.74) is 1.13. The van der Waals surface area contributed by atoms with Gasteiger partial charge in [-0.1, -0.05) is 17.7 Å². The second-order valence-corrected chi connectivity index (χ2v) is 5.64. The Morgan fingerprint density at radius 3 is 2.42 bits per heavy atom. The number of esters is 1. The van der Waals surface area contributed by atoms with E-state index in [2.05, 4.69) is 10.6 Å². The molecule has 0 aliphatic heterocycles. The lowest BCUT2D eigenvalue weighted by atomic mass is 10.2. The van der Waals surface area contributed by atoms with Gasteiger partial charge in [-0.05, 0) is 36.4 Å². The molecule has 2 amide bonds. The lowest BCUT2D eigenvalue weighted by molar-refractivity contribution is -0.119. The third kappa shape index (κ3) is 5.49. The molecule has 136 valence electrons. The standard InChI is InChI=1S/C18H17ClN2O5/c1-11(22)20-13-5-3-4-12(8-13)18(24)26-10-17(23)21-14-6-7-16(25-2)15(19)9-14/h3-9H,10H2,1-2H3,(H,20,22)(H,21,23). The van der Waals surface area contributed by atoms with Crippen LogP contribution in [0, 0.1) is 0 Å². The topological polar surface area (TPSA) is 93.7 Å². The highest BCUT2D eigenvalue weighted by Gasteiger charge is 2.12. The van der Waals surface area contributed by atoms with Crippen LogP contribution in [0.4, 0.5) is 11.4 Å². The maximum atomic E-state index is 12.0. The van der Waals surface area contributed by atoms with Gasteiger partial charge in [0.1, 0.15) is 5.75 Å². The number of hydrogen-bond donors (Lipinski definition) is 2. The fraction of sp³-hybridized carbons (Fsp3) is 0.167. The van der Waals surface area contributed by atoms with Gasteiger partial charge in [-0.15, -0.1) is 0 Å². The summed E-state index contributed by atoms with van der Waals surface area (Å²) in [7, 11) is 1.49. The normalized spacial score (nSPS) is 9.96. The average Bonchev–Trinajstić information content (AvgIpc) is 2.59. The lowest BCUT2D eigenvalue weighted by Crippen LogP contribution is -2.21. The maximum Gasteiger partial charge on any atom is 0.338 e. The number of anilines is 2. The molecule has 0 bridgehead atoms. The van der Waals surface area contributed by atoms with Gasteiger partial charge in [0.05, 0.1) is 17.7 Å². The Hall–Kier alpha value is -3.06. The van der Waals surface area contributed by atoms with Crippen LogP contribution in [0.15, 0.2) is 42.5 Å². The zero-order valence-electron chi connectivity index (χ0n) is 14.2. The van der Waals surface area contributed by atoms with Crippen molar-refractivity contribution in [2.24, 2.45) is 0 Å². The summed E-state index contributed by atoms with van der Waals surface area (Å²) in [4.78, 5) is 35.0. The second-order valence-electron chi connectivity index (χ2n) is 5.24. The van der Waals surface area contributed by atoms with Crippen LogP contribution in [-0.4, -0.2) is 31.5 Å². The largest absolute Gasteiger partial charge is 0.495 e. The lowest BCUT2D eigenvalue weighted by Gasteiger charge is -2.09. The fourth-order valence-electron chi connectivity index (χ4n) is 2.08. The summed E-state index contributed by atoms with van der Waals surface area (Å²) in [5.74, 6) is -0.971. The first-order valence-corrected chi connectivity index (χ1v) is 7.95. The number of rotatable bonds is 6. The van der Waals surface area contributed by atoms with Crippen LogP contribution in [0.3, 0.4) is 0 Å². The molecular weight excluding hydrogens is 360 g/mol. The monoisotopic (exact) mass is 376 g/mol. The molecule has 0 saturated carbocycles. The average molecular weight is 377 g/mol. The molecule has 0 atom stereocenters. The molecule has 0 aromatic heterocycles. The summed E-state index contributed by atoms with van der Waals surface area (Å²) in [6.45, 7) is 0.896. The van der Waals surface area contributed by atoms with Crippen LogP contribution in [0.2, 0.25) is 5.02 Å². The molecular formula is C18H17ClN2O5. The van der Waals surface area contributed by atoms with Gasteiger partial charge in [-0.25, -0.2) is 4.79 Å². The number of ether oxygens (including phenoxy) is 2. The molecule has 7 nitrogen and oxygen atoms in total. The highest BCUT2D eigenvalue weighted by molar-refractivity contribution is 6.32. The molecule has 0 spiro atoms. The summed E-state index contributed by atoms with van der Waals surface area (Å²) in [5, 5.41) is 5.47. The van der Waals surface area contributed by atoms with E-state index in [1.165, 1.54) is 32.2 Å². The maximum absolute atomic E-state index is 12.0. The number of methoxy groups -OCH3 is 1. The zero-order chi connectivity index (χ0) is 19.1. The molecule has 0 unspecified atom stereocenters. The molecule has 2 aromatic carbocycles. The molecule has 2 rings (SSSR count). The molecule has 0 saturated heterocycles. The minimum atomic E-state index is -0.680. The first-order valence-electron chi connectivity index (χ1n) is 7.57. The van der Waals surface area contributed by atoms with E-state index >= 15 is 0 Å². The van der Waals surface area contributed by atoms with Crippen LogP contribution in [-0.2, 0) is 14.3 Å². The predicted molar refractivity (Wildman–Crippen MR) is 97.7 cm³/mol. The van der Waals surface area contributed by atoms with Gasteiger partial charge in [0.15, 0.2) is 6.61 Å². The number of nitrogens with one attached hydrogen (secondary N) is 2. The first-order chi connectivity index (χ1) is 12.4. The number of amides is 2. The van der Waals surface area contributed by atoms with Gasteiger partial charge in [0, 0.05) is 18.3 Å². The highest BCUT2D eigenvalue weighted by atomic mass is 35.5. The molecule has 2 aromatic rings. The summed E-state index contributed by atoms with van der Waals surface area (Å²) in [6.07, 6.45) is 0. The van der Waals surface area contributed by atoms with Crippen LogP contribution >= 0.6 is 11.6 Å². The van der Waals surface area contributed by atoms with Crippen molar-refractivity contribution in [2.75, 3.05) is 24.4 Å². The SMILES string of the molecule is COc1ccc(NC(=O)COC(=O)c2cccc(NC(C)=O)c2)cc1Cl. The smallest absolute Gasteiger partial charge is 0.338 e. The Kier molecular flexibility index (Phi) is 6.57. The quantitative estimate of drug-likeness (QED) is 0.755. The highest BCUT2D eigenvalue weighted by Crippen LogP contribution is 2.27. The number of halogens is 1. The van der Waals surface area contributed by atoms with Crippen molar-refractivity contribution in [3.63, 3.8) is 0 Å². The number of carbonyl (C=O) groups excluding carboxylic acids is 3. The van der Waals surface area contributed by atoms with Crippen LogP contribution in [0.25, 0.3) is 0 Å². The molecule has 0 radical (unpaired) electrons. The van der Waals surface area contributed by atoms with Gasteiger partial charge < -0.3 is 20.1 Å². The van der Waals surface area contributed by atoms with Crippen LogP contribution in [0.5, 0.6) is 5.75 Å². The predicted octanol–water partition coefficient (Wildman–Crippen LogP) is 3.10. The van der Waals surface area contributed by atoms with Crippen molar-refractivity contribution in [1.29, 1.82) is 0 Å². The molecule has 26 heavy (non-hydrogen) atoms. The van der Waals surface area contributed by atoms with Crippen molar-refractivity contribution in [3.05, 3.63) is 53.1 Å². The Morgan fingerprint density at radius 1 is 1.04 bits per heavy atom. The van der Waals surface area contributed by atoms with Crippen molar-refractivity contribution in [3.8, 4) is 5.75 Å². The Balaban J connectivity index is 1.91. The van der Waals surface area contributed by atoms with Crippen LogP contribution in [0.1, 0.15) is 17.3 Å². The van der Waals surface area contributed by atoms with Gasteiger partial charge in [0.25, 0.3) is 5.91 Å². The number of carbonyl (C=O) groups is 3. The zero-order valence-corrected chi connectivity index (χ0v) is 14.9. The molecule has 0 aliphatic carbocycles. The van der Waals surface area contributed by atoms with Crippen molar-refractivity contribution in [2.45, 2.75) is 6.92 Å². The number of hydrogen-bond acceptors (Lipinski definition) is 5. The molecule has 0 fully saturated rings. The summed E-state index contributed by atoms with van der Waals surface area (Å²) in [6, 6.07) is 11.0. The Labute approximate surface area is 155 Å². The number of benzene rings is 2. The van der Waals surface area contributed by atoms with E-state index in [1.54, 1.807) is 24.3 Å². The summed E-state index contributed by atoms with van der Waals surface area (Å²) < 4.78 is 10.0. The van der Waals surface area contributed by atoms with E-state index in [1.807, 2.05) is 0 Å². The van der Waals surface area contributed by atoms with Crippen molar-refractivity contribution >= 4 is 40.8 Å². The molecule has 2 N–H and O–H groups in total.